The van der Waals surface area contributed by atoms with Crippen molar-refractivity contribution >= 4 is 37.5 Å². The van der Waals surface area contributed by atoms with Gasteiger partial charge in [0.2, 0.25) is 5.54 Å². The number of fused-ring (bicyclic) bond motifs is 1. The standard InChI is InChI=1S/C15H21N5O4S2.C2H6OS/c1-5-20(6-2)13-14(11-7-9-12(24-3)10-8-11)15(25(4)21,18-19-17-14)26(22,23)16-13;1-4(2)3/h7-10H,5-6H2,1-4H3,(H,17,18);1-2H3/t14-,15+,25+;/m0./s1. The fourth-order valence-electron chi connectivity index (χ4n) is 3.43. The third kappa shape index (κ3) is 3.66. The lowest BCUT2D eigenvalue weighted by Gasteiger charge is -2.36. The number of rotatable bonds is 5. The third-order valence-corrected chi connectivity index (χ3v) is 8.80. The molecule has 1 aromatic rings. The molecular formula is C17H27N5O5S3. The predicted octanol–water partition coefficient (Wildman–Crippen LogP) is 0.972. The zero-order chi connectivity index (χ0) is 22.7. The van der Waals surface area contributed by atoms with E-state index in [0.29, 0.717) is 24.4 Å². The molecule has 0 spiro atoms. The monoisotopic (exact) mass is 477 g/mol. The second kappa shape index (κ2) is 9.10. The highest BCUT2D eigenvalue weighted by Crippen LogP contribution is 2.52. The van der Waals surface area contributed by atoms with Crippen molar-refractivity contribution in [1.29, 1.82) is 0 Å². The highest BCUT2D eigenvalue weighted by molar-refractivity contribution is 8.07. The van der Waals surface area contributed by atoms with Crippen molar-refractivity contribution in [3.05, 3.63) is 29.8 Å². The molecule has 1 N–H and O–H groups in total. The van der Waals surface area contributed by atoms with E-state index in [2.05, 4.69) is 20.2 Å². The van der Waals surface area contributed by atoms with Crippen LogP contribution in [0.1, 0.15) is 19.4 Å². The van der Waals surface area contributed by atoms with Gasteiger partial charge in [-0.25, -0.2) is 8.42 Å². The summed E-state index contributed by atoms with van der Waals surface area (Å²) in [5, 5.41) is 8.08. The molecule has 30 heavy (non-hydrogen) atoms. The van der Waals surface area contributed by atoms with Gasteiger partial charge in [0.05, 0.1) is 17.9 Å². The van der Waals surface area contributed by atoms with E-state index in [1.54, 1.807) is 48.8 Å². The topological polar surface area (TPSA) is 130 Å². The first-order valence-electron chi connectivity index (χ1n) is 9.06. The normalized spacial score (nSPS) is 26.8. The molecule has 0 aliphatic carbocycles. The second-order valence-corrected chi connectivity index (χ2v) is 11.6. The van der Waals surface area contributed by atoms with Gasteiger partial charge >= 0.3 is 0 Å². The third-order valence-electron chi connectivity index (χ3n) is 4.74. The minimum atomic E-state index is -4.21. The van der Waals surface area contributed by atoms with Crippen LogP contribution >= 0.6 is 0 Å². The molecule has 0 radical (unpaired) electrons. The Hall–Kier alpha value is -1.86. The van der Waals surface area contributed by atoms with Gasteiger partial charge in [-0.3, -0.25) is 13.8 Å². The van der Waals surface area contributed by atoms with Crippen LogP contribution in [0, 0.1) is 0 Å². The average Bonchev–Trinajstić information content (AvgIpc) is 3.18. The Labute approximate surface area is 182 Å². The lowest BCUT2D eigenvalue weighted by molar-refractivity contribution is 0.400. The molecule has 0 fully saturated rings. The van der Waals surface area contributed by atoms with Crippen LogP contribution in [0.3, 0.4) is 0 Å². The van der Waals surface area contributed by atoms with Crippen LogP contribution in [0.5, 0.6) is 5.75 Å². The summed E-state index contributed by atoms with van der Waals surface area (Å²) in [6.45, 7) is 4.82. The van der Waals surface area contributed by atoms with Gasteiger partial charge in [0.15, 0.2) is 5.84 Å². The van der Waals surface area contributed by atoms with Gasteiger partial charge < -0.3 is 9.64 Å². The van der Waals surface area contributed by atoms with Gasteiger partial charge in [0, 0.05) is 42.7 Å². The van der Waals surface area contributed by atoms with Crippen LogP contribution in [0.4, 0.5) is 0 Å². The van der Waals surface area contributed by atoms with E-state index in [-0.39, 0.29) is 5.84 Å². The van der Waals surface area contributed by atoms with Crippen molar-refractivity contribution in [3.8, 4) is 5.75 Å². The molecule has 13 heteroatoms. The number of hydrogen-bond donors (Lipinski definition) is 1. The van der Waals surface area contributed by atoms with Gasteiger partial charge in [-0.05, 0) is 31.5 Å². The van der Waals surface area contributed by atoms with Gasteiger partial charge in [-0.1, -0.05) is 17.4 Å². The summed E-state index contributed by atoms with van der Waals surface area (Å²) in [5.74, 6) is 0.829. The predicted molar refractivity (Wildman–Crippen MR) is 119 cm³/mol. The summed E-state index contributed by atoms with van der Waals surface area (Å²) >= 11 is 0. The quantitative estimate of drug-likeness (QED) is 0.669. The van der Waals surface area contributed by atoms with Crippen molar-refractivity contribution in [3.63, 3.8) is 0 Å². The van der Waals surface area contributed by atoms with Gasteiger partial charge in [-0.2, -0.15) is 0 Å². The highest BCUT2D eigenvalue weighted by atomic mass is 32.3. The highest BCUT2D eigenvalue weighted by Gasteiger charge is 2.76. The number of ether oxygens (including phenoxy) is 1. The fourth-order valence-corrected chi connectivity index (χ4v) is 6.95. The first-order chi connectivity index (χ1) is 14.0. The van der Waals surface area contributed by atoms with E-state index in [1.165, 1.54) is 6.26 Å². The van der Waals surface area contributed by atoms with Crippen LogP contribution < -0.4 is 10.2 Å². The number of nitrogens with one attached hydrogen (secondary N) is 1. The van der Waals surface area contributed by atoms with Crippen LogP contribution in [0.25, 0.3) is 0 Å². The zero-order valence-electron chi connectivity index (χ0n) is 17.8. The fraction of sp³-hybridized carbons (Fsp3) is 0.588. The van der Waals surface area contributed by atoms with Crippen molar-refractivity contribution in [2.45, 2.75) is 23.6 Å². The Morgan fingerprint density at radius 1 is 1.10 bits per heavy atom. The summed E-state index contributed by atoms with van der Waals surface area (Å²) in [6, 6.07) is 6.80. The Kier molecular flexibility index (Phi) is 7.41. The smallest absolute Gasteiger partial charge is 0.296 e. The van der Waals surface area contributed by atoms with Crippen molar-refractivity contribution in [2.75, 3.05) is 39.0 Å². The minimum absolute atomic E-state index is 0.219. The Balaban J connectivity index is 0.000000735. The summed E-state index contributed by atoms with van der Waals surface area (Å²) in [6.07, 6.45) is 4.60. The van der Waals surface area contributed by atoms with Crippen molar-refractivity contribution in [1.82, 2.24) is 10.3 Å². The minimum Gasteiger partial charge on any atom is -0.497 e. The zero-order valence-corrected chi connectivity index (χ0v) is 20.2. The molecular weight excluding hydrogens is 450 g/mol. The van der Waals surface area contributed by atoms with Crippen LogP contribution in [-0.2, 0) is 37.2 Å². The maximum atomic E-state index is 13.0. The first-order valence-corrected chi connectivity index (χ1v) is 14.0. The number of benzene rings is 1. The van der Waals surface area contributed by atoms with E-state index >= 15 is 0 Å². The molecule has 2 aliphatic heterocycles. The molecule has 168 valence electrons. The van der Waals surface area contributed by atoms with E-state index in [1.807, 2.05) is 13.8 Å². The molecule has 3 rings (SSSR count). The molecule has 0 saturated carbocycles. The second-order valence-electron chi connectivity index (χ2n) is 6.63. The summed E-state index contributed by atoms with van der Waals surface area (Å²) in [5.41, 5.74) is 1.50. The van der Waals surface area contributed by atoms with Gasteiger partial charge in [0.1, 0.15) is 5.75 Å². The molecule has 10 nitrogen and oxygen atoms in total. The number of amidine groups is 1. The average molecular weight is 478 g/mol. The number of nitrogens with zero attached hydrogens (tertiary/aromatic N) is 4. The van der Waals surface area contributed by atoms with Crippen LogP contribution in [0.2, 0.25) is 0 Å². The number of sulfonamides is 1. The van der Waals surface area contributed by atoms with Crippen LogP contribution in [0.15, 0.2) is 39.0 Å². The summed E-state index contributed by atoms with van der Waals surface area (Å²) in [7, 11) is -5.16. The lowest BCUT2D eigenvalue weighted by Crippen LogP contribution is -2.63. The Morgan fingerprint density at radius 2 is 1.63 bits per heavy atom. The maximum absolute atomic E-state index is 13.0. The van der Waals surface area contributed by atoms with Gasteiger partial charge in [-0.15, -0.1) is 9.51 Å². The molecule has 0 bridgehead atoms. The van der Waals surface area contributed by atoms with Crippen molar-refractivity contribution < 1.29 is 21.6 Å². The van der Waals surface area contributed by atoms with E-state index < -0.39 is 41.4 Å². The number of likely N-dealkylation sites (N-methyl/N-ethyl adjacent to an activating group) is 1. The number of hydrogen-bond acceptors (Lipinski definition) is 9. The lowest BCUT2D eigenvalue weighted by atomic mass is 9.88. The molecule has 1 aromatic carbocycles. The molecule has 3 atom stereocenters. The number of methoxy groups -OCH3 is 1. The Bertz CT molecular complexity index is 988. The SMILES string of the molecule is CCN(CC)C1=NS(=O)(=O)[C@@]2([S@@](C)=O)NN=N[C@@]12c1ccc(OC)cc1.CS(C)=O. The molecule has 2 heterocycles. The molecule has 0 aromatic heterocycles. The van der Waals surface area contributed by atoms with Crippen molar-refractivity contribution in [2.24, 2.45) is 14.7 Å². The maximum Gasteiger partial charge on any atom is 0.296 e. The summed E-state index contributed by atoms with van der Waals surface area (Å²) < 4.78 is 55.6. The summed E-state index contributed by atoms with van der Waals surface area (Å²) in [4.78, 5) is 1.79. The molecule has 2 aliphatic rings. The van der Waals surface area contributed by atoms with Crippen LogP contribution in [-0.4, -0.2) is 70.7 Å². The van der Waals surface area contributed by atoms with Gasteiger partial charge in [0.25, 0.3) is 14.2 Å². The molecule has 0 amide bonds. The van der Waals surface area contributed by atoms with E-state index in [4.69, 9.17) is 4.74 Å². The van der Waals surface area contributed by atoms with E-state index in [9.17, 15) is 16.8 Å². The van der Waals surface area contributed by atoms with E-state index in [0.717, 1.165) is 0 Å². The largest absolute Gasteiger partial charge is 0.497 e. The molecule has 0 saturated heterocycles. The first kappa shape index (κ1) is 24.4. The Morgan fingerprint density at radius 3 is 2.07 bits per heavy atom. The molecule has 0 unspecified atom stereocenters.